The summed E-state index contributed by atoms with van der Waals surface area (Å²) in [5.74, 6) is -0.264. The van der Waals surface area contributed by atoms with E-state index in [0.717, 1.165) is 51.5 Å². The third-order valence-corrected chi connectivity index (χ3v) is 8.56. The first-order valence-electron chi connectivity index (χ1n) is 14.2. The lowest BCUT2D eigenvalue weighted by Crippen LogP contribution is -2.28. The van der Waals surface area contributed by atoms with E-state index in [1.54, 1.807) is 41.6 Å². The number of hydrogen-bond donors (Lipinski definition) is 2. The predicted molar refractivity (Wildman–Crippen MR) is 164 cm³/mol. The van der Waals surface area contributed by atoms with Crippen molar-refractivity contribution >= 4 is 37.6 Å². The molecule has 2 N–H and O–H groups in total. The Labute approximate surface area is 252 Å². The smallest absolute Gasteiger partial charge is 0.222 e. The first-order chi connectivity index (χ1) is 21.1. The standard InChI is InChI=1S/C17H17FN4O.C14H14FN3O2S/c18-13-3-4-14-15(10-19-16(14)8-13)12-9-20-22(11-12)7-6-21-5-1-2-17(21)23;1-21(19,20)5-4-18-9-10(7-17-18)13-8-16-14-6-11(15)2-3-12(13)14/h3-4,8-11,19H,1-2,5-7H2;2-3,6-9,16H,4-5H2,1H3. The maximum Gasteiger partial charge on any atom is 0.222 e. The van der Waals surface area contributed by atoms with E-state index in [4.69, 9.17) is 0 Å². The molecule has 1 saturated heterocycles. The van der Waals surface area contributed by atoms with Gasteiger partial charge in [-0.05, 0) is 42.8 Å². The van der Waals surface area contributed by atoms with Crippen LogP contribution in [-0.4, -0.2) is 73.9 Å². The van der Waals surface area contributed by atoms with Gasteiger partial charge in [0.2, 0.25) is 5.91 Å². The summed E-state index contributed by atoms with van der Waals surface area (Å²) >= 11 is 0. The molecule has 228 valence electrons. The van der Waals surface area contributed by atoms with Gasteiger partial charge in [0.05, 0.1) is 31.2 Å². The molecule has 4 aromatic heterocycles. The molecule has 0 spiro atoms. The number of sulfone groups is 1. The summed E-state index contributed by atoms with van der Waals surface area (Å²) in [5, 5.41) is 10.4. The topological polar surface area (TPSA) is 122 Å². The molecule has 5 heterocycles. The normalized spacial score (nSPS) is 13.6. The van der Waals surface area contributed by atoms with Crippen LogP contribution in [0.3, 0.4) is 0 Å². The van der Waals surface area contributed by atoms with Gasteiger partial charge in [0.25, 0.3) is 0 Å². The summed E-state index contributed by atoms with van der Waals surface area (Å²) in [4.78, 5) is 19.6. The van der Waals surface area contributed by atoms with Crippen molar-refractivity contribution in [2.75, 3.05) is 25.1 Å². The van der Waals surface area contributed by atoms with Gasteiger partial charge < -0.3 is 14.9 Å². The van der Waals surface area contributed by atoms with E-state index >= 15 is 0 Å². The van der Waals surface area contributed by atoms with E-state index in [-0.39, 0.29) is 23.3 Å². The Bertz CT molecular complexity index is 2060. The van der Waals surface area contributed by atoms with E-state index < -0.39 is 9.84 Å². The maximum absolute atomic E-state index is 13.3. The molecule has 10 nitrogen and oxygen atoms in total. The van der Waals surface area contributed by atoms with Crippen LogP contribution in [0.4, 0.5) is 8.78 Å². The number of likely N-dealkylation sites (tertiary alicyclic amines) is 1. The number of fused-ring (bicyclic) bond motifs is 2. The second-order valence-corrected chi connectivity index (χ2v) is 13.1. The van der Waals surface area contributed by atoms with Gasteiger partial charge >= 0.3 is 0 Å². The Morgan fingerprint density at radius 3 is 1.86 bits per heavy atom. The zero-order chi connectivity index (χ0) is 30.8. The second kappa shape index (κ2) is 12.1. The third kappa shape index (κ3) is 6.57. The number of carbonyl (C=O) groups excluding carboxylic acids is 1. The highest BCUT2D eigenvalue weighted by molar-refractivity contribution is 7.90. The van der Waals surface area contributed by atoms with Crippen molar-refractivity contribution in [3.63, 3.8) is 0 Å². The largest absolute Gasteiger partial charge is 0.360 e. The van der Waals surface area contributed by atoms with Crippen molar-refractivity contribution in [1.82, 2.24) is 34.4 Å². The number of benzene rings is 2. The lowest BCUT2D eigenvalue weighted by molar-refractivity contribution is -0.127. The molecule has 6 aromatic rings. The van der Waals surface area contributed by atoms with Gasteiger partial charge in [-0.25, -0.2) is 17.2 Å². The van der Waals surface area contributed by atoms with E-state index in [9.17, 15) is 22.0 Å². The first-order valence-corrected chi connectivity index (χ1v) is 16.2. The van der Waals surface area contributed by atoms with Crippen LogP contribution in [0, 0.1) is 11.6 Å². The molecular weight excluding hydrogens is 588 g/mol. The Morgan fingerprint density at radius 1 is 0.818 bits per heavy atom. The number of hydrogen-bond acceptors (Lipinski definition) is 5. The van der Waals surface area contributed by atoms with Crippen molar-refractivity contribution in [2.24, 2.45) is 0 Å². The molecule has 1 fully saturated rings. The fourth-order valence-corrected chi connectivity index (χ4v) is 5.87. The van der Waals surface area contributed by atoms with Crippen LogP contribution in [0.5, 0.6) is 0 Å². The van der Waals surface area contributed by atoms with Crippen molar-refractivity contribution < 1.29 is 22.0 Å². The summed E-state index contributed by atoms with van der Waals surface area (Å²) in [7, 11) is -3.01. The van der Waals surface area contributed by atoms with Gasteiger partial charge in [-0.1, -0.05) is 0 Å². The highest BCUT2D eigenvalue weighted by atomic mass is 32.2. The monoisotopic (exact) mass is 619 g/mol. The summed E-state index contributed by atoms with van der Waals surface area (Å²) < 4.78 is 52.2. The van der Waals surface area contributed by atoms with Crippen LogP contribution in [-0.2, 0) is 27.7 Å². The number of nitrogens with one attached hydrogen (secondary N) is 2. The van der Waals surface area contributed by atoms with Crippen LogP contribution in [0.25, 0.3) is 44.1 Å². The second-order valence-electron chi connectivity index (χ2n) is 10.9. The van der Waals surface area contributed by atoms with Gasteiger partial charge in [0.1, 0.15) is 21.5 Å². The SMILES string of the molecule is CS(=O)(=O)CCn1cc(-c2c[nH]c3cc(F)ccc23)cn1.O=C1CCCN1CCn1cc(-c2c[nH]c3cc(F)ccc23)cn1. The van der Waals surface area contributed by atoms with Crippen molar-refractivity contribution in [3.8, 4) is 22.3 Å². The van der Waals surface area contributed by atoms with Crippen molar-refractivity contribution in [2.45, 2.75) is 25.9 Å². The van der Waals surface area contributed by atoms with Crippen LogP contribution >= 0.6 is 0 Å². The quantitative estimate of drug-likeness (QED) is 0.248. The molecule has 0 saturated carbocycles. The Kier molecular flexibility index (Phi) is 8.04. The highest BCUT2D eigenvalue weighted by Crippen LogP contribution is 2.30. The fraction of sp³-hybridized carbons (Fsp3) is 0.258. The summed E-state index contributed by atoms with van der Waals surface area (Å²) in [6, 6.07) is 9.28. The number of H-pyrrole nitrogens is 2. The van der Waals surface area contributed by atoms with Gasteiger partial charge in [-0.15, -0.1) is 0 Å². The minimum absolute atomic E-state index is 0.0488. The number of halogens is 2. The van der Waals surface area contributed by atoms with Crippen molar-refractivity contribution in [1.29, 1.82) is 0 Å². The molecule has 2 aromatic carbocycles. The molecule has 13 heteroatoms. The Hall–Kier alpha value is -4.78. The van der Waals surface area contributed by atoms with Gasteiger partial charge in [-0.2, -0.15) is 10.2 Å². The number of aryl methyl sites for hydroxylation is 1. The van der Waals surface area contributed by atoms with Crippen LogP contribution in [0.15, 0.2) is 73.6 Å². The van der Waals surface area contributed by atoms with E-state index in [1.165, 1.54) is 30.5 Å². The predicted octanol–water partition coefficient (Wildman–Crippen LogP) is 5.01. The third-order valence-electron chi connectivity index (χ3n) is 7.64. The summed E-state index contributed by atoms with van der Waals surface area (Å²) in [6.07, 6.45) is 13.7. The average Bonchev–Trinajstić information content (AvgIpc) is 3.81. The number of rotatable bonds is 8. The molecule has 0 atom stereocenters. The average molecular weight is 620 g/mol. The zero-order valence-electron chi connectivity index (χ0n) is 24.0. The Morgan fingerprint density at radius 2 is 1.36 bits per heavy atom. The van der Waals surface area contributed by atoms with Crippen LogP contribution < -0.4 is 0 Å². The molecule has 1 amide bonds. The van der Waals surface area contributed by atoms with E-state index in [0.29, 0.717) is 31.6 Å². The minimum Gasteiger partial charge on any atom is -0.360 e. The number of aromatic amines is 2. The van der Waals surface area contributed by atoms with Gasteiger partial charge in [0, 0.05) is 94.6 Å². The minimum atomic E-state index is -3.01. The molecule has 0 aliphatic carbocycles. The van der Waals surface area contributed by atoms with E-state index in [2.05, 4.69) is 20.2 Å². The number of amides is 1. The molecule has 0 unspecified atom stereocenters. The summed E-state index contributed by atoms with van der Waals surface area (Å²) in [5.41, 5.74) is 5.25. The molecule has 1 aliphatic heterocycles. The molecule has 7 rings (SSSR count). The lowest BCUT2D eigenvalue weighted by atomic mass is 10.1. The van der Waals surface area contributed by atoms with Gasteiger partial charge in [0.15, 0.2) is 0 Å². The number of aromatic nitrogens is 6. The highest BCUT2D eigenvalue weighted by Gasteiger charge is 2.19. The number of nitrogens with zero attached hydrogens (tertiary/aromatic N) is 5. The van der Waals surface area contributed by atoms with E-state index in [1.807, 2.05) is 22.0 Å². The molecular formula is C31H31F2N7O3S. The van der Waals surface area contributed by atoms with Crippen LogP contribution in [0.2, 0.25) is 0 Å². The van der Waals surface area contributed by atoms with Crippen molar-refractivity contribution in [3.05, 3.63) is 85.2 Å². The van der Waals surface area contributed by atoms with Gasteiger partial charge in [-0.3, -0.25) is 14.2 Å². The first kappa shape index (κ1) is 29.3. The molecule has 1 aliphatic rings. The number of carbonyl (C=O) groups is 1. The molecule has 0 radical (unpaired) electrons. The molecule has 0 bridgehead atoms. The Balaban J connectivity index is 0.000000157. The lowest BCUT2D eigenvalue weighted by Gasteiger charge is -2.14. The fourth-order valence-electron chi connectivity index (χ4n) is 5.35. The summed E-state index contributed by atoms with van der Waals surface area (Å²) in [6.45, 7) is 2.54. The molecule has 44 heavy (non-hydrogen) atoms. The maximum atomic E-state index is 13.3. The zero-order valence-corrected chi connectivity index (χ0v) is 24.8. The van der Waals surface area contributed by atoms with Crippen LogP contribution in [0.1, 0.15) is 12.8 Å².